The molecule has 1 amide bonds. The second kappa shape index (κ2) is 7.20. The van der Waals surface area contributed by atoms with E-state index in [9.17, 15) is 4.79 Å². The molecule has 1 aliphatic rings. The molecule has 0 spiro atoms. The summed E-state index contributed by atoms with van der Waals surface area (Å²) in [5, 5.41) is 8.45. The Labute approximate surface area is 118 Å². The molecule has 1 aliphatic heterocycles. The van der Waals surface area contributed by atoms with Gasteiger partial charge in [-0.25, -0.2) is 0 Å². The summed E-state index contributed by atoms with van der Waals surface area (Å²) in [4.78, 5) is 14.1. The lowest BCUT2D eigenvalue weighted by atomic mass is 10.0. The van der Waals surface area contributed by atoms with Gasteiger partial charge in [0.15, 0.2) is 0 Å². The fraction of sp³-hybridized carbons (Fsp3) is 0.467. The molecule has 1 heterocycles. The molecular weight excluding hydrogens is 256 g/mol. The van der Waals surface area contributed by atoms with Crippen molar-refractivity contribution in [3.63, 3.8) is 0 Å². The van der Waals surface area contributed by atoms with Crippen LogP contribution in [0.3, 0.4) is 0 Å². The third-order valence-electron chi connectivity index (χ3n) is 3.21. The van der Waals surface area contributed by atoms with Gasteiger partial charge in [0.25, 0.3) is 0 Å². The monoisotopic (exact) mass is 274 g/mol. The van der Waals surface area contributed by atoms with Crippen molar-refractivity contribution >= 4 is 23.4 Å². The summed E-state index contributed by atoms with van der Waals surface area (Å²) in [5.74, 6) is 1.59. The molecule has 0 bridgehead atoms. The van der Waals surface area contributed by atoms with Gasteiger partial charge >= 0.3 is 0 Å². The Morgan fingerprint density at radius 1 is 1.42 bits per heavy atom. The van der Waals surface area contributed by atoms with E-state index in [1.165, 1.54) is 5.56 Å². The third kappa shape index (κ3) is 3.74. The minimum absolute atomic E-state index is 0.189. The number of anilines is 1. The van der Waals surface area contributed by atoms with Gasteiger partial charge in [-0.05, 0) is 36.6 Å². The molecule has 0 aliphatic carbocycles. The van der Waals surface area contributed by atoms with E-state index >= 15 is 0 Å². The number of carbonyl (C=O) groups excluding carboxylic acids is 1. The largest absolute Gasteiger partial charge is 0.311 e. The van der Waals surface area contributed by atoms with Crippen LogP contribution < -0.4 is 4.90 Å². The van der Waals surface area contributed by atoms with Crippen molar-refractivity contribution in [1.29, 1.82) is 5.26 Å². The van der Waals surface area contributed by atoms with Crippen molar-refractivity contribution in [2.75, 3.05) is 23.0 Å². The number of para-hydroxylation sites is 1. The molecule has 100 valence electrons. The highest BCUT2D eigenvalue weighted by Crippen LogP contribution is 2.27. The van der Waals surface area contributed by atoms with Crippen LogP contribution in [0.15, 0.2) is 24.3 Å². The summed E-state index contributed by atoms with van der Waals surface area (Å²) in [6.07, 6.45) is 3.55. The lowest BCUT2D eigenvalue weighted by molar-refractivity contribution is -0.116. The quantitative estimate of drug-likeness (QED) is 0.775. The van der Waals surface area contributed by atoms with Gasteiger partial charge in [-0.3, -0.25) is 4.79 Å². The van der Waals surface area contributed by atoms with Crippen LogP contribution in [0.5, 0.6) is 0 Å². The first-order valence-electron chi connectivity index (χ1n) is 6.66. The molecule has 1 aromatic rings. The maximum Gasteiger partial charge on any atom is 0.236 e. The topological polar surface area (TPSA) is 44.1 Å². The second-order valence-electron chi connectivity index (χ2n) is 4.59. The first-order chi connectivity index (χ1) is 9.33. The van der Waals surface area contributed by atoms with Crippen molar-refractivity contribution in [2.24, 2.45) is 0 Å². The van der Waals surface area contributed by atoms with Crippen LogP contribution in [-0.4, -0.2) is 24.0 Å². The number of amides is 1. The molecule has 4 heteroatoms. The predicted molar refractivity (Wildman–Crippen MR) is 79.3 cm³/mol. The van der Waals surface area contributed by atoms with Gasteiger partial charge in [-0.15, -0.1) is 0 Å². The number of hydrogen-bond donors (Lipinski definition) is 0. The van der Waals surface area contributed by atoms with Crippen LogP contribution in [0, 0.1) is 11.3 Å². The van der Waals surface area contributed by atoms with E-state index in [0.717, 1.165) is 37.2 Å². The van der Waals surface area contributed by atoms with Crippen LogP contribution >= 0.6 is 11.8 Å². The number of nitriles is 1. The molecule has 0 saturated carbocycles. The number of thioether (sulfide) groups is 1. The Balaban J connectivity index is 1.89. The average Bonchev–Trinajstić information content (AvgIpc) is 2.46. The SMILES string of the molecule is N#CCCCSCC(=O)N1CCCc2ccccc21. The normalized spacial score (nSPS) is 13.7. The second-order valence-corrected chi connectivity index (χ2v) is 5.70. The van der Waals surface area contributed by atoms with E-state index in [1.54, 1.807) is 11.8 Å². The van der Waals surface area contributed by atoms with E-state index in [0.29, 0.717) is 12.2 Å². The number of unbranched alkanes of at least 4 members (excludes halogenated alkanes) is 1. The number of fused-ring (bicyclic) bond motifs is 1. The van der Waals surface area contributed by atoms with Crippen LogP contribution in [0.1, 0.15) is 24.8 Å². The zero-order valence-electron chi connectivity index (χ0n) is 11.0. The summed E-state index contributed by atoms with van der Waals surface area (Å²) in [6, 6.07) is 10.3. The van der Waals surface area contributed by atoms with Gasteiger partial charge in [0.05, 0.1) is 11.8 Å². The smallest absolute Gasteiger partial charge is 0.236 e. The molecule has 0 atom stereocenters. The van der Waals surface area contributed by atoms with Gasteiger partial charge in [0.2, 0.25) is 5.91 Å². The molecule has 0 N–H and O–H groups in total. The van der Waals surface area contributed by atoms with Gasteiger partial charge in [-0.1, -0.05) is 18.2 Å². The maximum atomic E-state index is 12.2. The summed E-state index contributed by atoms with van der Waals surface area (Å²) < 4.78 is 0. The molecule has 0 aromatic heterocycles. The van der Waals surface area contributed by atoms with Gasteiger partial charge < -0.3 is 4.90 Å². The van der Waals surface area contributed by atoms with E-state index in [4.69, 9.17) is 5.26 Å². The van der Waals surface area contributed by atoms with E-state index < -0.39 is 0 Å². The zero-order chi connectivity index (χ0) is 13.5. The fourth-order valence-corrected chi connectivity index (χ4v) is 3.11. The van der Waals surface area contributed by atoms with Gasteiger partial charge in [0.1, 0.15) is 0 Å². The molecule has 2 rings (SSSR count). The molecule has 3 nitrogen and oxygen atoms in total. The van der Waals surface area contributed by atoms with E-state index in [-0.39, 0.29) is 5.91 Å². The summed E-state index contributed by atoms with van der Waals surface area (Å²) in [5.41, 5.74) is 2.35. The highest BCUT2D eigenvalue weighted by atomic mass is 32.2. The fourth-order valence-electron chi connectivity index (χ4n) is 2.28. The number of hydrogen-bond acceptors (Lipinski definition) is 3. The third-order valence-corrected chi connectivity index (χ3v) is 4.24. The average molecular weight is 274 g/mol. The number of aryl methyl sites for hydroxylation is 1. The lowest BCUT2D eigenvalue weighted by Gasteiger charge is -2.29. The number of nitrogens with zero attached hydrogens (tertiary/aromatic N) is 2. The van der Waals surface area contributed by atoms with Crippen molar-refractivity contribution in [1.82, 2.24) is 0 Å². The number of carbonyl (C=O) groups is 1. The first-order valence-corrected chi connectivity index (χ1v) is 7.81. The highest BCUT2D eigenvalue weighted by molar-refractivity contribution is 7.99. The Morgan fingerprint density at radius 3 is 3.11 bits per heavy atom. The molecule has 0 radical (unpaired) electrons. The standard InChI is InChI=1S/C15H18N2OS/c16-9-3-4-11-19-12-15(18)17-10-5-7-13-6-1-2-8-14(13)17/h1-2,6,8H,3-5,7,10-12H2. The number of benzene rings is 1. The molecule has 19 heavy (non-hydrogen) atoms. The van der Waals surface area contributed by atoms with Gasteiger partial charge in [-0.2, -0.15) is 17.0 Å². The van der Waals surface area contributed by atoms with Crippen molar-refractivity contribution < 1.29 is 4.79 Å². The first kappa shape index (κ1) is 14.0. The molecular formula is C15H18N2OS. The van der Waals surface area contributed by atoms with Crippen molar-refractivity contribution in [2.45, 2.75) is 25.7 Å². The van der Waals surface area contributed by atoms with Gasteiger partial charge in [0, 0.05) is 18.7 Å². The number of rotatable bonds is 5. The van der Waals surface area contributed by atoms with Crippen molar-refractivity contribution in [3.05, 3.63) is 29.8 Å². The van der Waals surface area contributed by atoms with Crippen LogP contribution in [0.25, 0.3) is 0 Å². The molecule has 1 aromatic carbocycles. The van der Waals surface area contributed by atoms with Crippen LogP contribution in [0.4, 0.5) is 5.69 Å². The lowest BCUT2D eigenvalue weighted by Crippen LogP contribution is -2.36. The summed E-state index contributed by atoms with van der Waals surface area (Å²) in [7, 11) is 0. The minimum atomic E-state index is 0.189. The molecule has 0 saturated heterocycles. The Bertz CT molecular complexity index is 481. The van der Waals surface area contributed by atoms with E-state index in [2.05, 4.69) is 12.1 Å². The minimum Gasteiger partial charge on any atom is -0.311 e. The van der Waals surface area contributed by atoms with E-state index in [1.807, 2.05) is 23.1 Å². The van der Waals surface area contributed by atoms with Crippen LogP contribution in [-0.2, 0) is 11.2 Å². The highest BCUT2D eigenvalue weighted by Gasteiger charge is 2.21. The summed E-state index contributed by atoms with van der Waals surface area (Å²) >= 11 is 1.63. The molecule has 0 unspecified atom stereocenters. The predicted octanol–water partition coefficient (Wildman–Crippen LogP) is 3.00. The molecule has 0 fully saturated rings. The Hall–Kier alpha value is -1.47. The maximum absolute atomic E-state index is 12.2. The Morgan fingerprint density at radius 2 is 2.26 bits per heavy atom. The summed E-state index contributed by atoms with van der Waals surface area (Å²) in [6.45, 7) is 0.828. The van der Waals surface area contributed by atoms with Crippen molar-refractivity contribution in [3.8, 4) is 6.07 Å². The van der Waals surface area contributed by atoms with Crippen LogP contribution in [0.2, 0.25) is 0 Å². The Kier molecular flexibility index (Phi) is 5.29. The zero-order valence-corrected chi connectivity index (χ0v) is 11.8.